The van der Waals surface area contributed by atoms with Gasteiger partial charge in [0, 0.05) is 17.9 Å². The quantitative estimate of drug-likeness (QED) is 0.522. The average Bonchev–Trinajstić information content (AvgIpc) is 3.29. The SMILES string of the molecule is COc1ccc2nc(-n3nc(C)c4c3NC(=O)C[C@H]4c3ccc(F)c(F)c3)sc2c1. The molecular formula is C21H16F2N4O2S. The van der Waals surface area contributed by atoms with E-state index < -0.39 is 17.6 Å². The molecule has 0 saturated carbocycles. The Labute approximate surface area is 174 Å². The number of anilines is 1. The first-order valence-electron chi connectivity index (χ1n) is 9.24. The maximum Gasteiger partial charge on any atom is 0.226 e. The minimum Gasteiger partial charge on any atom is -0.497 e. The van der Waals surface area contributed by atoms with Crippen LogP contribution in [-0.2, 0) is 4.79 Å². The zero-order valence-electron chi connectivity index (χ0n) is 16.1. The molecule has 1 aliphatic rings. The third-order valence-electron chi connectivity index (χ3n) is 5.21. The highest BCUT2D eigenvalue weighted by Crippen LogP contribution is 2.41. The predicted octanol–water partition coefficient (Wildman–Crippen LogP) is 4.55. The zero-order valence-corrected chi connectivity index (χ0v) is 16.9. The van der Waals surface area contributed by atoms with Gasteiger partial charge in [0.1, 0.15) is 11.6 Å². The smallest absolute Gasteiger partial charge is 0.226 e. The van der Waals surface area contributed by atoms with Crippen LogP contribution in [0.5, 0.6) is 5.75 Å². The molecule has 0 unspecified atom stereocenters. The number of hydrogen-bond donors (Lipinski definition) is 1. The highest BCUT2D eigenvalue weighted by atomic mass is 32.1. The molecule has 0 spiro atoms. The third kappa shape index (κ3) is 2.93. The minimum atomic E-state index is -0.940. The van der Waals surface area contributed by atoms with E-state index in [0.717, 1.165) is 33.7 Å². The van der Waals surface area contributed by atoms with Gasteiger partial charge in [0.2, 0.25) is 11.0 Å². The Bertz CT molecular complexity index is 1310. The molecule has 0 radical (unpaired) electrons. The standard InChI is InChI=1S/C21H16F2N4O2S/c1-10-19-13(11-3-5-14(22)15(23)7-11)9-18(28)25-20(19)27(26-10)21-24-16-6-4-12(29-2)8-17(16)30-21/h3-8,13H,9H2,1-2H3,(H,25,28)/t13-/m0/s1. The molecule has 0 bridgehead atoms. The summed E-state index contributed by atoms with van der Waals surface area (Å²) in [4.78, 5) is 17.1. The second kappa shape index (κ2) is 6.88. The van der Waals surface area contributed by atoms with Gasteiger partial charge in [0.25, 0.3) is 0 Å². The fraction of sp³-hybridized carbons (Fsp3) is 0.190. The number of methoxy groups -OCH3 is 1. The van der Waals surface area contributed by atoms with Gasteiger partial charge < -0.3 is 10.1 Å². The molecule has 0 fully saturated rings. The molecule has 3 heterocycles. The van der Waals surface area contributed by atoms with Crippen LogP contribution in [-0.4, -0.2) is 27.8 Å². The van der Waals surface area contributed by atoms with Gasteiger partial charge in [-0.1, -0.05) is 17.4 Å². The van der Waals surface area contributed by atoms with E-state index in [1.54, 1.807) is 11.8 Å². The maximum atomic E-state index is 13.8. The van der Waals surface area contributed by atoms with Crippen molar-refractivity contribution in [2.24, 2.45) is 0 Å². The highest BCUT2D eigenvalue weighted by molar-refractivity contribution is 7.20. The summed E-state index contributed by atoms with van der Waals surface area (Å²) in [6, 6.07) is 9.31. The lowest BCUT2D eigenvalue weighted by Gasteiger charge is -2.24. The summed E-state index contributed by atoms with van der Waals surface area (Å²) in [6.45, 7) is 1.83. The Morgan fingerprint density at radius 1 is 1.20 bits per heavy atom. The molecule has 2 aromatic heterocycles. The van der Waals surface area contributed by atoms with Crippen LogP contribution in [0, 0.1) is 18.6 Å². The van der Waals surface area contributed by atoms with Crippen molar-refractivity contribution in [3.05, 3.63) is 64.9 Å². The normalized spacial score (nSPS) is 15.9. The van der Waals surface area contributed by atoms with Crippen LogP contribution in [0.15, 0.2) is 36.4 Å². The number of carbonyl (C=O) groups excluding carboxylic acids is 1. The van der Waals surface area contributed by atoms with Gasteiger partial charge in [-0.15, -0.1) is 0 Å². The molecule has 1 atom stereocenters. The van der Waals surface area contributed by atoms with Crippen LogP contribution in [0.2, 0.25) is 0 Å². The van der Waals surface area contributed by atoms with Gasteiger partial charge in [0.05, 0.1) is 23.0 Å². The molecule has 6 nitrogen and oxygen atoms in total. The van der Waals surface area contributed by atoms with Crippen molar-refractivity contribution >= 4 is 33.3 Å². The molecule has 4 aromatic rings. The molecule has 152 valence electrons. The van der Waals surface area contributed by atoms with E-state index in [0.29, 0.717) is 22.2 Å². The topological polar surface area (TPSA) is 69.0 Å². The van der Waals surface area contributed by atoms with Crippen LogP contribution in [0.4, 0.5) is 14.6 Å². The summed E-state index contributed by atoms with van der Waals surface area (Å²) in [5.41, 5.74) is 2.78. The number of nitrogens with one attached hydrogen (secondary N) is 1. The zero-order chi connectivity index (χ0) is 21.0. The Morgan fingerprint density at radius 3 is 2.80 bits per heavy atom. The number of hydrogen-bond acceptors (Lipinski definition) is 5. The second-order valence-electron chi connectivity index (χ2n) is 7.07. The summed E-state index contributed by atoms with van der Waals surface area (Å²) in [5, 5.41) is 8.07. The van der Waals surface area contributed by atoms with Crippen molar-refractivity contribution < 1.29 is 18.3 Å². The van der Waals surface area contributed by atoms with E-state index in [-0.39, 0.29) is 12.3 Å². The Hall–Kier alpha value is -3.33. The van der Waals surface area contributed by atoms with Crippen LogP contribution >= 0.6 is 11.3 Å². The lowest BCUT2D eigenvalue weighted by atomic mass is 9.86. The number of benzene rings is 2. The Morgan fingerprint density at radius 2 is 2.03 bits per heavy atom. The number of ether oxygens (including phenoxy) is 1. The largest absolute Gasteiger partial charge is 0.497 e. The number of carbonyl (C=O) groups is 1. The van der Waals surface area contributed by atoms with Gasteiger partial charge in [-0.2, -0.15) is 9.78 Å². The fourth-order valence-corrected chi connectivity index (χ4v) is 4.76. The van der Waals surface area contributed by atoms with Crippen LogP contribution in [0.3, 0.4) is 0 Å². The number of aryl methyl sites for hydroxylation is 1. The van der Waals surface area contributed by atoms with Crippen molar-refractivity contribution in [3.8, 4) is 10.9 Å². The van der Waals surface area contributed by atoms with E-state index >= 15 is 0 Å². The number of amides is 1. The highest BCUT2D eigenvalue weighted by Gasteiger charge is 2.33. The molecular weight excluding hydrogens is 410 g/mol. The summed E-state index contributed by atoms with van der Waals surface area (Å²) in [5.74, 6) is -1.28. The van der Waals surface area contributed by atoms with Crippen molar-refractivity contribution in [2.45, 2.75) is 19.3 Å². The van der Waals surface area contributed by atoms with E-state index in [4.69, 9.17) is 4.74 Å². The van der Waals surface area contributed by atoms with E-state index in [2.05, 4.69) is 15.4 Å². The second-order valence-corrected chi connectivity index (χ2v) is 8.08. The molecule has 1 N–H and O–H groups in total. The first-order chi connectivity index (χ1) is 14.4. The summed E-state index contributed by atoms with van der Waals surface area (Å²) < 4.78 is 35.0. The van der Waals surface area contributed by atoms with Crippen molar-refractivity contribution in [1.82, 2.24) is 14.8 Å². The number of aromatic nitrogens is 3. The molecule has 0 aliphatic carbocycles. The lowest BCUT2D eigenvalue weighted by Crippen LogP contribution is -2.25. The monoisotopic (exact) mass is 426 g/mol. The van der Waals surface area contributed by atoms with Gasteiger partial charge in [0.15, 0.2) is 11.6 Å². The van der Waals surface area contributed by atoms with Gasteiger partial charge in [-0.05, 0) is 42.8 Å². The molecule has 30 heavy (non-hydrogen) atoms. The lowest BCUT2D eigenvalue weighted by molar-refractivity contribution is -0.116. The van der Waals surface area contributed by atoms with E-state index in [9.17, 15) is 13.6 Å². The molecule has 1 aliphatic heterocycles. The average molecular weight is 426 g/mol. The predicted molar refractivity (Wildman–Crippen MR) is 109 cm³/mol. The van der Waals surface area contributed by atoms with Gasteiger partial charge >= 0.3 is 0 Å². The van der Waals surface area contributed by atoms with Gasteiger partial charge in [-0.25, -0.2) is 13.8 Å². The number of nitrogens with zero attached hydrogens (tertiary/aromatic N) is 3. The summed E-state index contributed by atoms with van der Waals surface area (Å²) in [7, 11) is 1.60. The van der Waals surface area contributed by atoms with Crippen LogP contribution < -0.4 is 10.1 Å². The van der Waals surface area contributed by atoms with E-state index in [1.807, 2.05) is 25.1 Å². The molecule has 9 heteroatoms. The Balaban J connectivity index is 1.65. The summed E-state index contributed by atoms with van der Waals surface area (Å²) in [6.07, 6.45) is 0.127. The first-order valence-corrected chi connectivity index (χ1v) is 10.1. The van der Waals surface area contributed by atoms with Gasteiger partial charge in [-0.3, -0.25) is 4.79 Å². The maximum absolute atomic E-state index is 13.8. The number of halogens is 2. The number of fused-ring (bicyclic) bond motifs is 2. The molecule has 2 aromatic carbocycles. The third-order valence-corrected chi connectivity index (χ3v) is 6.21. The van der Waals surface area contributed by atoms with Crippen molar-refractivity contribution in [2.75, 3.05) is 12.4 Å². The first kappa shape index (κ1) is 18.7. The summed E-state index contributed by atoms with van der Waals surface area (Å²) >= 11 is 1.42. The van der Waals surface area contributed by atoms with Crippen LogP contribution in [0.1, 0.15) is 29.2 Å². The fourth-order valence-electron chi connectivity index (χ4n) is 3.81. The van der Waals surface area contributed by atoms with Crippen LogP contribution in [0.25, 0.3) is 15.3 Å². The molecule has 0 saturated heterocycles. The van der Waals surface area contributed by atoms with E-state index in [1.165, 1.54) is 17.4 Å². The minimum absolute atomic E-state index is 0.127. The molecule has 5 rings (SSSR count). The number of thiazole rings is 1. The van der Waals surface area contributed by atoms with Crippen molar-refractivity contribution in [3.63, 3.8) is 0 Å². The van der Waals surface area contributed by atoms with Crippen molar-refractivity contribution in [1.29, 1.82) is 0 Å². The number of rotatable bonds is 3. The Kier molecular flexibility index (Phi) is 4.28. The molecule has 1 amide bonds.